The van der Waals surface area contributed by atoms with Crippen LogP contribution in [0.2, 0.25) is 0 Å². The van der Waals surface area contributed by atoms with Crippen molar-refractivity contribution >= 4 is 0 Å². The molecule has 0 aromatic heterocycles. The summed E-state index contributed by atoms with van der Waals surface area (Å²) in [6.45, 7) is 0.221. The zero-order valence-electron chi connectivity index (χ0n) is 5.71. The Kier molecular flexibility index (Phi) is 1.69. The van der Waals surface area contributed by atoms with Crippen LogP contribution in [0.25, 0.3) is 0 Å². The molecule has 0 aromatic carbocycles. The van der Waals surface area contributed by atoms with Crippen molar-refractivity contribution in [2.45, 2.75) is 18.9 Å². The van der Waals surface area contributed by atoms with Gasteiger partial charge in [-0.25, -0.2) is 0 Å². The second kappa shape index (κ2) is 2.24. The van der Waals surface area contributed by atoms with Gasteiger partial charge in [-0.15, -0.1) is 0 Å². The van der Waals surface area contributed by atoms with E-state index in [1.807, 2.05) is 0 Å². The maximum Gasteiger partial charge on any atom is 0.472 e. The van der Waals surface area contributed by atoms with Gasteiger partial charge in [0.2, 0.25) is 0 Å². The topological polar surface area (TPSA) is 18.5 Å². The molecule has 1 rings (SSSR count). The Bertz CT molecular complexity index is 210. The van der Waals surface area contributed by atoms with Crippen LogP contribution in [-0.2, 0) is 9.47 Å². The van der Waals surface area contributed by atoms with Gasteiger partial charge in [-0.1, -0.05) is 0 Å². The lowest BCUT2D eigenvalue weighted by Gasteiger charge is -2.31. The molecular formula is C5H3F5O2. The van der Waals surface area contributed by atoms with Gasteiger partial charge < -0.3 is 9.47 Å². The van der Waals surface area contributed by atoms with Crippen molar-refractivity contribution in [1.82, 2.24) is 0 Å². The molecule has 0 bridgehead atoms. The lowest BCUT2D eigenvalue weighted by molar-refractivity contribution is -0.386. The molecular weight excluding hydrogens is 187 g/mol. The van der Waals surface area contributed by atoms with E-state index in [1.165, 1.54) is 0 Å². The van der Waals surface area contributed by atoms with Gasteiger partial charge in [0.15, 0.2) is 0 Å². The van der Waals surface area contributed by atoms with Gasteiger partial charge in [0, 0.05) is 6.92 Å². The van der Waals surface area contributed by atoms with Gasteiger partial charge in [-0.05, 0) is 0 Å². The first kappa shape index (κ1) is 9.08. The summed E-state index contributed by atoms with van der Waals surface area (Å²) in [6, 6.07) is -4.40. The van der Waals surface area contributed by atoms with E-state index >= 15 is 0 Å². The summed E-state index contributed by atoms with van der Waals surface area (Å²) in [5.74, 6) is -3.70. The van der Waals surface area contributed by atoms with E-state index in [1.54, 1.807) is 0 Å². The number of hydrogen-bond donors (Lipinski definition) is 0. The highest BCUT2D eigenvalue weighted by Gasteiger charge is 2.61. The minimum absolute atomic E-state index is 0.221. The van der Waals surface area contributed by atoms with Gasteiger partial charge in [-0.3, -0.25) is 0 Å². The third-order valence-electron chi connectivity index (χ3n) is 1.17. The Morgan fingerprint density at radius 2 is 1.42 bits per heavy atom. The quantitative estimate of drug-likeness (QED) is 0.546. The monoisotopic (exact) mass is 190 g/mol. The number of halogens is 5. The molecule has 0 aromatic rings. The Hall–Kier alpha value is -1.01. The number of alkyl halides is 3. The smallest absolute Gasteiger partial charge is 0.419 e. The van der Waals surface area contributed by atoms with Gasteiger partial charge in [0.1, 0.15) is 0 Å². The predicted octanol–water partition coefficient (Wildman–Crippen LogP) is 2.38. The van der Waals surface area contributed by atoms with Gasteiger partial charge >= 0.3 is 24.0 Å². The van der Waals surface area contributed by atoms with Crippen molar-refractivity contribution in [1.29, 1.82) is 0 Å². The Morgan fingerprint density at radius 3 is 1.83 bits per heavy atom. The molecule has 0 N–H and O–H groups in total. The zero-order valence-corrected chi connectivity index (χ0v) is 5.71. The molecule has 1 aliphatic heterocycles. The molecule has 1 aliphatic rings. The van der Waals surface area contributed by atoms with Crippen LogP contribution >= 0.6 is 0 Å². The largest absolute Gasteiger partial charge is 0.472 e. The van der Waals surface area contributed by atoms with Gasteiger partial charge in [0.25, 0.3) is 0 Å². The van der Waals surface area contributed by atoms with E-state index < -0.39 is 24.0 Å². The first-order valence-corrected chi connectivity index (χ1v) is 2.76. The average molecular weight is 190 g/mol. The maximum atomic E-state index is 12.5. The summed E-state index contributed by atoms with van der Waals surface area (Å²) in [6.07, 6.45) is -4.54. The highest BCUT2D eigenvalue weighted by Crippen LogP contribution is 2.42. The summed E-state index contributed by atoms with van der Waals surface area (Å²) >= 11 is 0. The summed E-state index contributed by atoms with van der Waals surface area (Å²) < 4.78 is 67.3. The molecule has 0 aliphatic carbocycles. The van der Waals surface area contributed by atoms with Crippen LogP contribution in [0.3, 0.4) is 0 Å². The minimum atomic E-state index is -4.54. The van der Waals surface area contributed by atoms with Gasteiger partial charge in [0.05, 0.1) is 0 Å². The van der Waals surface area contributed by atoms with Gasteiger partial charge in [-0.2, -0.15) is 22.0 Å². The Morgan fingerprint density at radius 1 is 1.00 bits per heavy atom. The zero-order chi connectivity index (χ0) is 9.57. The second-order valence-corrected chi connectivity index (χ2v) is 2.19. The van der Waals surface area contributed by atoms with E-state index in [9.17, 15) is 22.0 Å². The molecule has 1 atom stereocenters. The summed E-state index contributed by atoms with van der Waals surface area (Å²) in [4.78, 5) is 0. The molecule has 0 radical (unpaired) electrons. The first-order chi connectivity index (χ1) is 5.26. The highest BCUT2D eigenvalue weighted by atomic mass is 19.3. The lowest BCUT2D eigenvalue weighted by atomic mass is 10.3. The van der Waals surface area contributed by atoms with Crippen molar-refractivity contribution in [3.05, 3.63) is 12.0 Å². The van der Waals surface area contributed by atoms with Crippen LogP contribution < -0.4 is 0 Å². The second-order valence-electron chi connectivity index (χ2n) is 2.19. The highest BCUT2D eigenvalue weighted by molar-refractivity contribution is 4.94. The van der Waals surface area contributed by atoms with Crippen molar-refractivity contribution in [3.63, 3.8) is 0 Å². The molecule has 2 nitrogen and oxygen atoms in total. The number of ether oxygens (including phenoxy) is 2. The fourth-order valence-electron chi connectivity index (χ4n) is 0.512. The molecule has 0 amide bonds. The fourth-order valence-corrected chi connectivity index (χ4v) is 0.512. The van der Waals surface area contributed by atoms with Crippen molar-refractivity contribution in [2.75, 3.05) is 0 Å². The molecule has 1 heterocycles. The van der Waals surface area contributed by atoms with E-state index in [4.69, 9.17) is 0 Å². The summed E-state index contributed by atoms with van der Waals surface area (Å²) in [7, 11) is 0. The average Bonchev–Trinajstić information content (AvgIpc) is 1.82. The number of hydrogen-bond acceptors (Lipinski definition) is 2. The van der Waals surface area contributed by atoms with Crippen LogP contribution in [0.4, 0.5) is 22.0 Å². The lowest BCUT2D eigenvalue weighted by Crippen LogP contribution is -2.48. The van der Waals surface area contributed by atoms with Crippen molar-refractivity contribution in [3.8, 4) is 0 Å². The minimum Gasteiger partial charge on any atom is -0.419 e. The van der Waals surface area contributed by atoms with E-state index in [-0.39, 0.29) is 6.92 Å². The summed E-state index contributed by atoms with van der Waals surface area (Å²) in [5, 5.41) is 0. The molecule has 1 unspecified atom stereocenters. The van der Waals surface area contributed by atoms with Crippen LogP contribution in [0, 0.1) is 0 Å². The standard InChI is InChI=1S/C5H3F5O2/c1-4(8)5(9,10)12-3(7)2(6)11-4/h1H3. The van der Waals surface area contributed by atoms with Crippen LogP contribution in [0.15, 0.2) is 12.0 Å². The van der Waals surface area contributed by atoms with Crippen molar-refractivity contribution < 1.29 is 31.4 Å². The molecule has 0 spiro atoms. The predicted molar refractivity (Wildman–Crippen MR) is 25.9 cm³/mol. The molecule has 7 heteroatoms. The first-order valence-electron chi connectivity index (χ1n) is 2.76. The molecule has 12 heavy (non-hydrogen) atoms. The van der Waals surface area contributed by atoms with Crippen LogP contribution in [0.1, 0.15) is 6.92 Å². The van der Waals surface area contributed by atoms with E-state index in [0.29, 0.717) is 0 Å². The third kappa shape index (κ3) is 1.19. The summed E-state index contributed by atoms with van der Waals surface area (Å²) in [5.41, 5.74) is 0. The number of rotatable bonds is 0. The SMILES string of the molecule is CC1(F)OC(F)=C(F)OC1(F)F. The van der Waals surface area contributed by atoms with E-state index in [2.05, 4.69) is 9.47 Å². The molecule has 0 saturated carbocycles. The third-order valence-corrected chi connectivity index (χ3v) is 1.17. The van der Waals surface area contributed by atoms with E-state index in [0.717, 1.165) is 0 Å². The molecule has 0 saturated heterocycles. The molecule has 0 fully saturated rings. The van der Waals surface area contributed by atoms with Crippen LogP contribution in [0.5, 0.6) is 0 Å². The fraction of sp³-hybridized carbons (Fsp3) is 0.600. The maximum absolute atomic E-state index is 12.5. The normalized spacial score (nSPS) is 34.2. The molecule has 70 valence electrons. The van der Waals surface area contributed by atoms with Crippen LogP contribution in [-0.4, -0.2) is 12.0 Å². The van der Waals surface area contributed by atoms with Crippen molar-refractivity contribution in [2.24, 2.45) is 0 Å². The Balaban J connectivity index is 3.00. The Labute approximate surface area is 63.6 Å².